The van der Waals surface area contributed by atoms with Crippen LogP contribution in [0.2, 0.25) is 5.02 Å². The maximum absolute atomic E-state index is 13.8. The zero-order chi connectivity index (χ0) is 26.0. The minimum atomic E-state index is -1.13. The van der Waals surface area contributed by atoms with Gasteiger partial charge in [-0.05, 0) is 74.2 Å². The van der Waals surface area contributed by atoms with E-state index in [0.717, 1.165) is 18.4 Å². The lowest BCUT2D eigenvalue weighted by Gasteiger charge is -2.26. The number of rotatable bonds is 7. The number of hydrogen-bond acceptors (Lipinski definition) is 5. The van der Waals surface area contributed by atoms with E-state index in [-0.39, 0.29) is 22.3 Å². The van der Waals surface area contributed by atoms with Crippen LogP contribution in [0.1, 0.15) is 46.8 Å². The molecule has 0 saturated heterocycles. The van der Waals surface area contributed by atoms with Crippen molar-refractivity contribution >= 4 is 40.8 Å². The molecule has 1 saturated carbocycles. The van der Waals surface area contributed by atoms with Crippen LogP contribution in [-0.4, -0.2) is 24.1 Å². The molecule has 1 fully saturated rings. The van der Waals surface area contributed by atoms with Crippen molar-refractivity contribution in [3.63, 3.8) is 0 Å². The molecular formula is C28H25ClFNO5. The Labute approximate surface area is 213 Å². The fourth-order valence-electron chi connectivity index (χ4n) is 3.81. The second-order valence-electron chi connectivity index (χ2n) is 8.74. The van der Waals surface area contributed by atoms with Crippen LogP contribution in [0.5, 0.6) is 0 Å². The minimum absolute atomic E-state index is 0.131. The van der Waals surface area contributed by atoms with E-state index in [1.807, 2.05) is 19.1 Å². The van der Waals surface area contributed by atoms with Crippen molar-refractivity contribution in [3.05, 3.63) is 93.8 Å². The molecule has 1 aliphatic carbocycles. The van der Waals surface area contributed by atoms with Crippen LogP contribution in [-0.2, 0) is 14.3 Å². The number of anilines is 2. The molecule has 1 atom stereocenters. The summed E-state index contributed by atoms with van der Waals surface area (Å²) >= 11 is 6.52. The lowest BCUT2D eigenvalue weighted by atomic mass is 9.99. The summed E-state index contributed by atoms with van der Waals surface area (Å²) in [6, 6.07) is 15.7. The number of benzene rings is 3. The number of aryl methyl sites for hydroxylation is 2. The van der Waals surface area contributed by atoms with Crippen molar-refractivity contribution in [2.24, 2.45) is 5.92 Å². The van der Waals surface area contributed by atoms with E-state index in [4.69, 9.17) is 21.1 Å². The molecule has 1 aliphatic rings. The predicted octanol–water partition coefficient (Wildman–Crippen LogP) is 6.90. The summed E-state index contributed by atoms with van der Waals surface area (Å²) in [6.07, 6.45) is -0.472. The number of ether oxygens (including phenoxy) is 2. The van der Waals surface area contributed by atoms with Crippen LogP contribution in [0, 0.1) is 25.6 Å². The Morgan fingerprint density at radius 2 is 1.67 bits per heavy atom. The topological polar surface area (TPSA) is 72.9 Å². The van der Waals surface area contributed by atoms with E-state index in [2.05, 4.69) is 0 Å². The zero-order valence-electron chi connectivity index (χ0n) is 20.1. The average molecular weight is 510 g/mol. The third kappa shape index (κ3) is 5.57. The molecule has 3 aromatic rings. The van der Waals surface area contributed by atoms with Gasteiger partial charge in [-0.25, -0.2) is 14.1 Å². The third-order valence-corrected chi connectivity index (χ3v) is 6.20. The number of hydrogen-bond donors (Lipinski definition) is 0. The van der Waals surface area contributed by atoms with Crippen LogP contribution >= 0.6 is 11.6 Å². The van der Waals surface area contributed by atoms with Crippen LogP contribution in [0.3, 0.4) is 0 Å². The molecule has 186 valence electrons. The summed E-state index contributed by atoms with van der Waals surface area (Å²) < 4.78 is 24.4. The molecule has 0 bridgehead atoms. The smallest absolute Gasteiger partial charge is 0.422 e. The van der Waals surface area contributed by atoms with E-state index >= 15 is 0 Å². The molecule has 36 heavy (non-hydrogen) atoms. The Kier molecular flexibility index (Phi) is 7.40. The fourth-order valence-corrected chi connectivity index (χ4v) is 4.07. The number of carbonyl (C=O) groups is 3. The Morgan fingerprint density at radius 1 is 0.944 bits per heavy atom. The van der Waals surface area contributed by atoms with Crippen molar-refractivity contribution < 1.29 is 28.2 Å². The molecule has 0 aromatic heterocycles. The largest absolute Gasteiger partial charge is 0.425 e. The van der Waals surface area contributed by atoms with Gasteiger partial charge in [-0.3, -0.25) is 9.59 Å². The Bertz CT molecular complexity index is 1340. The molecule has 0 aliphatic heterocycles. The first kappa shape index (κ1) is 25.4. The first-order valence-electron chi connectivity index (χ1n) is 11.5. The predicted molar refractivity (Wildman–Crippen MR) is 134 cm³/mol. The van der Waals surface area contributed by atoms with Gasteiger partial charge in [0.05, 0.1) is 22.3 Å². The maximum Gasteiger partial charge on any atom is 0.422 e. The van der Waals surface area contributed by atoms with Gasteiger partial charge in [0, 0.05) is 18.1 Å². The standard InChI is InChI=1S/C28H25ClFNO5/c1-16-6-4-5-7-22(16)26(32)23-12-11-21(15-24(23)29)31(25-13-10-20(30)14-17(25)2)28(34)36-18(3)35-27(33)19-8-9-19/h4-7,10-15,18-19H,8-9H2,1-3H3. The molecule has 0 spiro atoms. The molecule has 0 heterocycles. The van der Waals surface area contributed by atoms with Crippen molar-refractivity contribution in [2.45, 2.75) is 39.9 Å². The molecule has 1 amide bonds. The van der Waals surface area contributed by atoms with Crippen molar-refractivity contribution in [2.75, 3.05) is 4.90 Å². The van der Waals surface area contributed by atoms with Gasteiger partial charge >= 0.3 is 12.1 Å². The number of nitrogens with zero attached hydrogens (tertiary/aromatic N) is 1. The van der Waals surface area contributed by atoms with Gasteiger partial charge in [0.25, 0.3) is 0 Å². The Balaban J connectivity index is 1.66. The highest BCUT2D eigenvalue weighted by Crippen LogP contribution is 2.34. The first-order valence-corrected chi connectivity index (χ1v) is 11.9. The molecule has 8 heteroatoms. The summed E-state index contributed by atoms with van der Waals surface area (Å²) in [5.41, 5.74) is 2.70. The summed E-state index contributed by atoms with van der Waals surface area (Å²) in [6.45, 7) is 4.93. The van der Waals surface area contributed by atoms with E-state index in [9.17, 15) is 18.8 Å². The SMILES string of the molecule is Cc1ccccc1C(=O)c1ccc(N(C(=O)OC(C)OC(=O)C2CC2)c2ccc(F)cc2C)cc1Cl. The average Bonchev–Trinajstić information content (AvgIpc) is 3.66. The van der Waals surface area contributed by atoms with Gasteiger partial charge in [0.1, 0.15) is 5.82 Å². The number of amides is 1. The monoisotopic (exact) mass is 509 g/mol. The van der Waals surface area contributed by atoms with Gasteiger partial charge in [0.15, 0.2) is 5.78 Å². The second kappa shape index (κ2) is 10.5. The number of carbonyl (C=O) groups excluding carboxylic acids is 3. The van der Waals surface area contributed by atoms with Crippen molar-refractivity contribution in [1.82, 2.24) is 0 Å². The first-order chi connectivity index (χ1) is 17.2. The van der Waals surface area contributed by atoms with Gasteiger partial charge in [0.2, 0.25) is 6.29 Å². The van der Waals surface area contributed by atoms with Crippen LogP contribution < -0.4 is 4.90 Å². The summed E-state index contributed by atoms with van der Waals surface area (Å²) in [7, 11) is 0. The normalized spacial score (nSPS) is 13.6. The summed E-state index contributed by atoms with van der Waals surface area (Å²) in [5.74, 6) is -1.29. The second-order valence-corrected chi connectivity index (χ2v) is 9.14. The number of esters is 1. The van der Waals surface area contributed by atoms with Gasteiger partial charge < -0.3 is 9.47 Å². The van der Waals surface area contributed by atoms with Gasteiger partial charge in [-0.15, -0.1) is 0 Å². The summed E-state index contributed by atoms with van der Waals surface area (Å²) in [5, 5.41) is 0.131. The lowest BCUT2D eigenvalue weighted by molar-refractivity contribution is -0.166. The molecule has 0 radical (unpaired) electrons. The molecular weight excluding hydrogens is 485 g/mol. The lowest BCUT2D eigenvalue weighted by Crippen LogP contribution is -2.32. The summed E-state index contributed by atoms with van der Waals surface area (Å²) in [4.78, 5) is 39.5. The molecule has 3 aromatic carbocycles. The van der Waals surface area contributed by atoms with E-state index in [0.29, 0.717) is 22.5 Å². The molecule has 4 rings (SSSR count). The Morgan fingerprint density at radius 3 is 2.31 bits per heavy atom. The van der Waals surface area contributed by atoms with Crippen molar-refractivity contribution in [3.8, 4) is 0 Å². The fraction of sp³-hybridized carbons (Fsp3) is 0.250. The highest BCUT2D eigenvalue weighted by Gasteiger charge is 2.33. The zero-order valence-corrected chi connectivity index (χ0v) is 20.8. The van der Waals surface area contributed by atoms with Crippen LogP contribution in [0.15, 0.2) is 60.7 Å². The molecule has 1 unspecified atom stereocenters. The highest BCUT2D eigenvalue weighted by atomic mass is 35.5. The van der Waals surface area contributed by atoms with Crippen LogP contribution in [0.25, 0.3) is 0 Å². The van der Waals surface area contributed by atoms with E-state index < -0.39 is 24.2 Å². The Hall–Kier alpha value is -3.71. The van der Waals surface area contributed by atoms with Gasteiger partial charge in [-0.1, -0.05) is 35.9 Å². The van der Waals surface area contributed by atoms with E-state index in [1.165, 1.54) is 42.2 Å². The third-order valence-electron chi connectivity index (χ3n) is 5.89. The number of ketones is 1. The maximum atomic E-state index is 13.8. The van der Waals surface area contributed by atoms with Crippen molar-refractivity contribution in [1.29, 1.82) is 0 Å². The highest BCUT2D eigenvalue weighted by molar-refractivity contribution is 6.35. The van der Waals surface area contributed by atoms with Crippen LogP contribution in [0.4, 0.5) is 20.6 Å². The molecule has 6 nitrogen and oxygen atoms in total. The minimum Gasteiger partial charge on any atom is -0.425 e. The van der Waals surface area contributed by atoms with Gasteiger partial charge in [-0.2, -0.15) is 0 Å². The van der Waals surface area contributed by atoms with E-state index in [1.54, 1.807) is 25.1 Å². The molecule has 0 N–H and O–H groups in total. The number of halogens is 2. The quantitative estimate of drug-likeness (QED) is 0.197.